The molecule has 1 amide bonds. The lowest BCUT2D eigenvalue weighted by atomic mass is 9.94. The molecule has 2 aliphatic rings. The quantitative estimate of drug-likeness (QED) is 0.797. The van der Waals surface area contributed by atoms with Gasteiger partial charge in [0.15, 0.2) is 0 Å². The molecule has 0 spiro atoms. The van der Waals surface area contributed by atoms with E-state index >= 15 is 0 Å². The maximum atomic E-state index is 13.2. The van der Waals surface area contributed by atoms with Crippen molar-refractivity contribution in [1.82, 2.24) is 9.80 Å². The van der Waals surface area contributed by atoms with Crippen molar-refractivity contribution < 1.29 is 4.79 Å². The third-order valence-electron chi connectivity index (χ3n) is 5.76. The van der Waals surface area contributed by atoms with Gasteiger partial charge in [-0.2, -0.15) is 0 Å². The van der Waals surface area contributed by atoms with Crippen molar-refractivity contribution in [3.05, 3.63) is 65.7 Å². The molecule has 1 saturated carbocycles. The second kappa shape index (κ2) is 8.13. The number of carbonyl (C=O) groups is 1. The first-order valence-electron chi connectivity index (χ1n) is 10.1. The third kappa shape index (κ3) is 4.69. The minimum atomic E-state index is 0.173. The highest BCUT2D eigenvalue weighted by atomic mass is 16.2. The summed E-state index contributed by atoms with van der Waals surface area (Å²) in [6.07, 6.45) is 4.23. The van der Waals surface area contributed by atoms with E-state index in [1.165, 1.54) is 11.1 Å². The van der Waals surface area contributed by atoms with Gasteiger partial charge < -0.3 is 10.6 Å². The van der Waals surface area contributed by atoms with Gasteiger partial charge in [0, 0.05) is 30.7 Å². The zero-order chi connectivity index (χ0) is 18.6. The predicted octanol–water partition coefficient (Wildman–Crippen LogP) is 3.67. The highest BCUT2D eigenvalue weighted by Gasteiger charge is 2.36. The zero-order valence-electron chi connectivity index (χ0n) is 15.9. The van der Waals surface area contributed by atoms with Gasteiger partial charge in [-0.3, -0.25) is 9.69 Å². The topological polar surface area (TPSA) is 49.6 Å². The Labute approximate surface area is 162 Å². The van der Waals surface area contributed by atoms with Crippen LogP contribution in [0.25, 0.3) is 0 Å². The smallest absolute Gasteiger partial charge is 0.226 e. The van der Waals surface area contributed by atoms with E-state index in [1.807, 2.05) is 24.3 Å². The molecule has 0 bridgehead atoms. The number of hydrogen-bond acceptors (Lipinski definition) is 3. The maximum Gasteiger partial charge on any atom is 0.226 e. The van der Waals surface area contributed by atoms with Crippen LogP contribution in [0.5, 0.6) is 0 Å². The van der Waals surface area contributed by atoms with Crippen LogP contribution < -0.4 is 5.73 Å². The second-order valence-electron chi connectivity index (χ2n) is 7.98. The fourth-order valence-electron chi connectivity index (χ4n) is 4.08. The molecular formula is C23H29N3O. The third-order valence-corrected chi connectivity index (χ3v) is 5.76. The van der Waals surface area contributed by atoms with Crippen LogP contribution in [-0.4, -0.2) is 34.8 Å². The lowest BCUT2D eigenvalue weighted by molar-refractivity contribution is -0.138. The summed E-state index contributed by atoms with van der Waals surface area (Å²) in [5.41, 5.74) is 9.19. The molecule has 2 fully saturated rings. The average molecular weight is 364 g/mol. The number of amides is 1. The normalized spacial score (nSPS) is 18.4. The Morgan fingerprint density at radius 2 is 1.67 bits per heavy atom. The van der Waals surface area contributed by atoms with Crippen LogP contribution in [0.3, 0.4) is 0 Å². The number of nitrogen functional groups attached to an aromatic ring is 1. The molecule has 0 radical (unpaired) electrons. The summed E-state index contributed by atoms with van der Waals surface area (Å²) in [4.78, 5) is 17.8. The summed E-state index contributed by atoms with van der Waals surface area (Å²) in [5.74, 6) is 0.538. The molecule has 142 valence electrons. The molecule has 2 N–H and O–H groups in total. The van der Waals surface area contributed by atoms with Crippen LogP contribution in [0.4, 0.5) is 5.69 Å². The van der Waals surface area contributed by atoms with Crippen LogP contribution in [0, 0.1) is 5.92 Å². The number of anilines is 1. The van der Waals surface area contributed by atoms with Crippen molar-refractivity contribution in [2.75, 3.05) is 18.8 Å². The van der Waals surface area contributed by atoms with E-state index in [4.69, 9.17) is 5.73 Å². The first-order valence-corrected chi connectivity index (χ1v) is 10.1. The van der Waals surface area contributed by atoms with Gasteiger partial charge in [-0.15, -0.1) is 0 Å². The number of rotatable bonds is 6. The van der Waals surface area contributed by atoms with Gasteiger partial charge in [0.05, 0.1) is 0 Å². The number of carbonyl (C=O) groups excluding carboxylic acids is 1. The number of likely N-dealkylation sites (tertiary alicyclic amines) is 1. The number of nitrogens with zero attached hydrogens (tertiary/aromatic N) is 2. The van der Waals surface area contributed by atoms with Crippen molar-refractivity contribution in [3.63, 3.8) is 0 Å². The average Bonchev–Trinajstić information content (AvgIpc) is 3.52. The van der Waals surface area contributed by atoms with Gasteiger partial charge in [0.25, 0.3) is 0 Å². The summed E-state index contributed by atoms with van der Waals surface area (Å²) in [5, 5.41) is 0. The largest absolute Gasteiger partial charge is 0.399 e. The monoisotopic (exact) mass is 363 g/mol. The minimum absolute atomic E-state index is 0.173. The molecule has 2 aromatic rings. The Morgan fingerprint density at radius 1 is 0.963 bits per heavy atom. The molecule has 1 aliphatic carbocycles. The van der Waals surface area contributed by atoms with Crippen LogP contribution in [0.2, 0.25) is 0 Å². The van der Waals surface area contributed by atoms with Gasteiger partial charge in [-0.05, 0) is 62.0 Å². The molecule has 0 atom stereocenters. The fourth-order valence-corrected chi connectivity index (χ4v) is 4.08. The van der Waals surface area contributed by atoms with Crippen molar-refractivity contribution in [1.29, 1.82) is 0 Å². The summed E-state index contributed by atoms with van der Waals surface area (Å²) in [7, 11) is 0. The molecule has 4 nitrogen and oxygen atoms in total. The number of benzene rings is 2. The van der Waals surface area contributed by atoms with E-state index in [0.717, 1.165) is 57.5 Å². The Hall–Kier alpha value is -2.33. The highest BCUT2D eigenvalue weighted by Crippen LogP contribution is 2.32. The molecule has 0 aromatic heterocycles. The highest BCUT2D eigenvalue weighted by molar-refractivity contribution is 5.79. The van der Waals surface area contributed by atoms with Crippen molar-refractivity contribution in [2.45, 2.75) is 44.8 Å². The van der Waals surface area contributed by atoms with Crippen molar-refractivity contribution >= 4 is 11.6 Å². The molecule has 4 rings (SSSR count). The van der Waals surface area contributed by atoms with E-state index in [0.29, 0.717) is 11.9 Å². The summed E-state index contributed by atoms with van der Waals surface area (Å²) >= 11 is 0. The lowest BCUT2D eigenvalue weighted by Gasteiger charge is -2.34. The zero-order valence-corrected chi connectivity index (χ0v) is 15.9. The van der Waals surface area contributed by atoms with Crippen LogP contribution in [-0.2, 0) is 17.9 Å². The summed E-state index contributed by atoms with van der Waals surface area (Å²) in [6, 6.07) is 19.0. The summed E-state index contributed by atoms with van der Waals surface area (Å²) in [6.45, 7) is 3.64. The minimum Gasteiger partial charge on any atom is -0.399 e. The lowest BCUT2D eigenvalue weighted by Crippen LogP contribution is -2.43. The van der Waals surface area contributed by atoms with Gasteiger partial charge in [-0.25, -0.2) is 0 Å². The van der Waals surface area contributed by atoms with E-state index in [9.17, 15) is 4.79 Å². The first kappa shape index (κ1) is 18.1. The standard InChI is InChI=1S/C23H29N3O/c24-21-8-4-7-19(15-21)16-25-13-11-20(12-14-25)23(27)26(22-9-10-22)17-18-5-2-1-3-6-18/h1-8,15,20,22H,9-14,16-17,24H2. The molecule has 27 heavy (non-hydrogen) atoms. The molecule has 1 saturated heterocycles. The van der Waals surface area contributed by atoms with E-state index in [2.05, 4.69) is 40.1 Å². The van der Waals surface area contributed by atoms with Crippen LogP contribution in [0.1, 0.15) is 36.8 Å². The first-order chi connectivity index (χ1) is 13.2. The maximum absolute atomic E-state index is 13.2. The van der Waals surface area contributed by atoms with Crippen molar-refractivity contribution in [2.24, 2.45) is 5.92 Å². The summed E-state index contributed by atoms with van der Waals surface area (Å²) < 4.78 is 0. The molecule has 4 heteroatoms. The molecule has 1 aliphatic heterocycles. The van der Waals surface area contributed by atoms with Gasteiger partial charge in [-0.1, -0.05) is 42.5 Å². The number of nitrogens with two attached hydrogens (primary N) is 1. The van der Waals surface area contributed by atoms with E-state index in [-0.39, 0.29) is 5.92 Å². The Kier molecular flexibility index (Phi) is 5.44. The van der Waals surface area contributed by atoms with E-state index in [1.54, 1.807) is 0 Å². The fraction of sp³-hybridized carbons (Fsp3) is 0.435. The molecule has 2 aromatic carbocycles. The molecule has 0 unspecified atom stereocenters. The van der Waals surface area contributed by atoms with Gasteiger partial charge in [0.2, 0.25) is 5.91 Å². The molecule has 1 heterocycles. The van der Waals surface area contributed by atoms with Crippen molar-refractivity contribution in [3.8, 4) is 0 Å². The second-order valence-corrected chi connectivity index (χ2v) is 7.98. The SMILES string of the molecule is Nc1cccc(CN2CCC(C(=O)N(Cc3ccccc3)C3CC3)CC2)c1. The number of hydrogen-bond donors (Lipinski definition) is 1. The number of piperidine rings is 1. The Morgan fingerprint density at radius 3 is 2.33 bits per heavy atom. The Bertz CT molecular complexity index is 764. The van der Waals surface area contributed by atoms with Gasteiger partial charge >= 0.3 is 0 Å². The van der Waals surface area contributed by atoms with E-state index < -0.39 is 0 Å². The Balaban J connectivity index is 1.33. The molecular weight excluding hydrogens is 334 g/mol. The van der Waals surface area contributed by atoms with Crippen LogP contribution in [0.15, 0.2) is 54.6 Å². The predicted molar refractivity (Wildman–Crippen MR) is 109 cm³/mol. The van der Waals surface area contributed by atoms with Gasteiger partial charge in [0.1, 0.15) is 0 Å². The van der Waals surface area contributed by atoms with Crippen LogP contribution >= 0.6 is 0 Å².